The van der Waals surface area contributed by atoms with Crippen molar-refractivity contribution in [3.63, 3.8) is 0 Å². The second-order valence-electron chi connectivity index (χ2n) is 15.6. The smallest absolute Gasteiger partial charge is 0.252 e. The van der Waals surface area contributed by atoms with Gasteiger partial charge in [-0.3, -0.25) is 4.79 Å². The number of rotatable bonds is 20. The summed E-state index contributed by atoms with van der Waals surface area (Å²) < 4.78 is 25.2. The lowest BCUT2D eigenvalue weighted by Gasteiger charge is -2.31. The summed E-state index contributed by atoms with van der Waals surface area (Å²) in [6.07, 6.45) is 0.176. The van der Waals surface area contributed by atoms with Crippen LogP contribution in [0.3, 0.4) is 0 Å². The van der Waals surface area contributed by atoms with Crippen molar-refractivity contribution in [3.8, 4) is 28.4 Å². The van der Waals surface area contributed by atoms with Gasteiger partial charge in [0.1, 0.15) is 19.0 Å². The molecule has 0 fully saturated rings. The zero-order chi connectivity index (χ0) is 44.7. The molecule has 2 N–H and O–H groups in total. The van der Waals surface area contributed by atoms with Crippen LogP contribution in [0.25, 0.3) is 21.6 Å². The normalized spacial score (nSPS) is 15.2. The van der Waals surface area contributed by atoms with Crippen molar-refractivity contribution in [2.24, 2.45) is 10.1 Å². The highest BCUT2D eigenvalue weighted by molar-refractivity contribution is 6.01. The number of nitrogens with zero attached hydrogens (tertiary/aromatic N) is 4. The summed E-state index contributed by atoms with van der Waals surface area (Å²) in [5.41, 5.74) is 15.5. The second kappa shape index (κ2) is 21.5. The lowest BCUT2D eigenvalue weighted by molar-refractivity contribution is -0.128. The summed E-state index contributed by atoms with van der Waals surface area (Å²) in [6, 6.07) is 58.4. The Labute approximate surface area is 378 Å². The van der Waals surface area contributed by atoms with E-state index in [9.17, 15) is 10.6 Å². The number of nitrogens with one attached hydrogen (secondary N) is 1. The van der Waals surface area contributed by atoms with Gasteiger partial charge in [-0.15, -0.1) is 0 Å². The summed E-state index contributed by atoms with van der Waals surface area (Å²) >= 11 is 0. The molecule has 65 heavy (non-hydrogen) atoms. The predicted molar refractivity (Wildman–Crippen MR) is 252 cm³/mol. The minimum atomic E-state index is -1.54. The Kier molecular flexibility index (Phi) is 14.5. The SMILES string of the molecule is [N-]=[N+]=Nc1ccccc1C[C@@]1(C(=O)NCCc2ccc(OCc3ccccc3)c(OCc3ccccc3)c2)N=C(c2ccc(OCCCO)cc2)O[C@@H]1c1ccc(-c2ccccc2)cc1. The van der Waals surface area contributed by atoms with Crippen LogP contribution in [0.5, 0.6) is 17.2 Å². The molecule has 0 saturated carbocycles. The van der Waals surface area contributed by atoms with Gasteiger partial charge < -0.3 is 29.4 Å². The van der Waals surface area contributed by atoms with Crippen molar-refractivity contribution in [1.82, 2.24) is 5.32 Å². The number of ether oxygens (including phenoxy) is 4. The maximum Gasteiger partial charge on any atom is 0.252 e. The van der Waals surface area contributed by atoms with E-state index in [2.05, 4.69) is 15.3 Å². The monoisotopic (exact) mass is 863 g/mol. The number of aliphatic hydroxyl groups excluding tert-OH is 1. The van der Waals surface area contributed by atoms with Crippen molar-refractivity contribution >= 4 is 17.5 Å². The van der Waals surface area contributed by atoms with Crippen LogP contribution in [0.1, 0.15) is 45.9 Å². The van der Waals surface area contributed by atoms with E-state index in [1.165, 1.54) is 0 Å². The number of benzene rings is 7. The summed E-state index contributed by atoms with van der Waals surface area (Å²) in [5.74, 6) is 1.78. The number of azide groups is 1. The third kappa shape index (κ3) is 11.0. The predicted octanol–water partition coefficient (Wildman–Crippen LogP) is 11.1. The Bertz CT molecular complexity index is 2730. The third-order valence-electron chi connectivity index (χ3n) is 11.1. The van der Waals surface area contributed by atoms with Gasteiger partial charge in [-0.25, -0.2) is 4.99 Å². The van der Waals surface area contributed by atoms with Crippen LogP contribution >= 0.6 is 0 Å². The Morgan fingerprint density at radius 1 is 0.692 bits per heavy atom. The highest BCUT2D eigenvalue weighted by Crippen LogP contribution is 2.44. The molecule has 2 atom stereocenters. The van der Waals surface area contributed by atoms with Crippen LogP contribution in [-0.2, 0) is 35.6 Å². The van der Waals surface area contributed by atoms with Crippen molar-refractivity contribution in [3.05, 3.63) is 226 Å². The molecule has 0 aliphatic carbocycles. The lowest BCUT2D eigenvalue weighted by atomic mass is 9.81. The van der Waals surface area contributed by atoms with E-state index in [1.54, 1.807) is 12.1 Å². The van der Waals surface area contributed by atoms with Gasteiger partial charge in [0, 0.05) is 42.2 Å². The van der Waals surface area contributed by atoms with Crippen LogP contribution in [0.15, 0.2) is 192 Å². The highest BCUT2D eigenvalue weighted by Gasteiger charge is 2.53. The minimum absolute atomic E-state index is 0.0318. The maximum absolute atomic E-state index is 15.2. The van der Waals surface area contributed by atoms with E-state index in [1.807, 2.05) is 170 Å². The minimum Gasteiger partial charge on any atom is -0.494 e. The van der Waals surface area contributed by atoms with Crippen molar-refractivity contribution < 1.29 is 28.8 Å². The van der Waals surface area contributed by atoms with E-state index < -0.39 is 11.6 Å². The summed E-state index contributed by atoms with van der Waals surface area (Å²) in [7, 11) is 0. The zero-order valence-electron chi connectivity index (χ0n) is 35.8. The van der Waals surface area contributed by atoms with Crippen molar-refractivity contribution in [1.29, 1.82) is 0 Å². The summed E-state index contributed by atoms with van der Waals surface area (Å²) in [5, 5.41) is 16.5. The number of amides is 1. The number of carbonyl (C=O) groups excluding carboxylic acids is 1. The first-order chi connectivity index (χ1) is 32.0. The van der Waals surface area contributed by atoms with Crippen LogP contribution in [-0.4, -0.2) is 42.2 Å². The molecule has 1 amide bonds. The Balaban J connectivity index is 1.11. The molecule has 326 valence electrons. The first-order valence-corrected chi connectivity index (χ1v) is 21.6. The van der Waals surface area contributed by atoms with Gasteiger partial charge in [0.2, 0.25) is 5.90 Å². The summed E-state index contributed by atoms with van der Waals surface area (Å²) in [4.78, 5) is 23.5. The number of hydrogen-bond donors (Lipinski definition) is 2. The number of carbonyl (C=O) groups is 1. The average Bonchev–Trinajstić information content (AvgIpc) is 3.75. The largest absolute Gasteiger partial charge is 0.494 e. The van der Waals surface area contributed by atoms with Gasteiger partial charge >= 0.3 is 0 Å². The molecular weight excluding hydrogens is 815 g/mol. The van der Waals surface area contributed by atoms with Crippen molar-refractivity contribution in [2.75, 3.05) is 19.8 Å². The van der Waals surface area contributed by atoms with E-state index in [0.717, 1.165) is 33.4 Å². The number of hydrogen-bond acceptors (Lipinski definition) is 8. The van der Waals surface area contributed by atoms with Gasteiger partial charge in [-0.05, 0) is 87.3 Å². The van der Waals surface area contributed by atoms with Crippen molar-refractivity contribution in [2.45, 2.75) is 44.1 Å². The maximum atomic E-state index is 15.2. The first-order valence-electron chi connectivity index (χ1n) is 21.6. The number of aliphatic hydroxyl groups is 1. The van der Waals surface area contributed by atoms with Crippen LogP contribution in [0.4, 0.5) is 5.69 Å². The fraction of sp³-hybridized carbons (Fsp3) is 0.185. The molecule has 7 aromatic carbocycles. The molecule has 1 aliphatic heterocycles. The fourth-order valence-electron chi connectivity index (χ4n) is 7.74. The summed E-state index contributed by atoms with van der Waals surface area (Å²) in [6.45, 7) is 1.41. The molecule has 11 nitrogen and oxygen atoms in total. The molecular formula is C54H49N5O6. The van der Waals surface area contributed by atoms with Crippen LogP contribution < -0.4 is 19.5 Å². The van der Waals surface area contributed by atoms with E-state index >= 15 is 4.79 Å². The molecule has 8 rings (SSSR count). The molecule has 0 bridgehead atoms. The molecule has 0 saturated heterocycles. The zero-order valence-corrected chi connectivity index (χ0v) is 35.8. The topological polar surface area (TPSA) is 147 Å². The highest BCUT2D eigenvalue weighted by atomic mass is 16.5. The van der Waals surface area contributed by atoms with Gasteiger partial charge in [0.05, 0.1) is 6.61 Å². The van der Waals surface area contributed by atoms with Gasteiger partial charge in [0.15, 0.2) is 23.1 Å². The Morgan fingerprint density at radius 3 is 1.98 bits per heavy atom. The molecule has 11 heteroatoms. The fourth-order valence-corrected chi connectivity index (χ4v) is 7.74. The van der Waals surface area contributed by atoms with Crippen LogP contribution in [0, 0.1) is 0 Å². The molecule has 1 heterocycles. The Morgan fingerprint density at radius 2 is 1.31 bits per heavy atom. The molecule has 0 aromatic heterocycles. The van der Waals surface area contributed by atoms with Gasteiger partial charge in [0.25, 0.3) is 5.91 Å². The average molecular weight is 864 g/mol. The quantitative estimate of drug-likeness (QED) is 0.0337. The van der Waals surface area contributed by atoms with E-state index in [0.29, 0.717) is 66.7 Å². The second-order valence-corrected chi connectivity index (χ2v) is 15.6. The molecule has 0 spiro atoms. The molecule has 0 unspecified atom stereocenters. The molecule has 7 aromatic rings. The molecule has 0 radical (unpaired) electrons. The van der Waals surface area contributed by atoms with Crippen LogP contribution in [0.2, 0.25) is 0 Å². The molecule has 1 aliphatic rings. The lowest BCUT2D eigenvalue weighted by Crippen LogP contribution is -2.50. The standard InChI is InChI=1S/C54H49N5O6/c55-59-58-48-20-11-10-19-46(48)36-54(53(61)56-32-31-39-21-30-49(63-37-40-13-4-1-5-14-40)50(35-39)64-38-41-15-6-2-7-16-41)51(44-24-22-43(23-25-44)42-17-8-3-9-18-42)65-52(57-54)45-26-28-47(29-27-45)62-34-12-33-60/h1-11,13-30,35,51,60H,12,31-34,36-38H2,(H,56,61)/t51-,54-/m1/s1. The van der Waals surface area contributed by atoms with E-state index in [4.69, 9.17) is 23.9 Å². The first kappa shape index (κ1) is 43.8. The Hall–Kier alpha value is -7.85. The van der Waals surface area contributed by atoms with E-state index in [-0.39, 0.29) is 31.4 Å². The van der Waals surface area contributed by atoms with Gasteiger partial charge in [-0.1, -0.05) is 151 Å². The van der Waals surface area contributed by atoms with Gasteiger partial charge in [-0.2, -0.15) is 0 Å². The third-order valence-corrected chi connectivity index (χ3v) is 11.1. The number of aliphatic imine (C=N–C) groups is 1.